The summed E-state index contributed by atoms with van der Waals surface area (Å²) in [6.45, 7) is 1.93. The summed E-state index contributed by atoms with van der Waals surface area (Å²) < 4.78 is 10.5. The number of carbonyl (C=O) groups is 1. The average molecular weight is 334 g/mol. The number of pyridine rings is 1. The summed E-state index contributed by atoms with van der Waals surface area (Å²) in [5.74, 6) is 0.965. The van der Waals surface area contributed by atoms with Crippen molar-refractivity contribution in [3.63, 3.8) is 0 Å². The van der Waals surface area contributed by atoms with Crippen LogP contribution in [0.4, 0.5) is 0 Å². The number of nitrogens with zero attached hydrogens (tertiary/aromatic N) is 1. The molecule has 1 amide bonds. The van der Waals surface area contributed by atoms with Gasteiger partial charge in [-0.15, -0.1) is 0 Å². The van der Waals surface area contributed by atoms with Crippen molar-refractivity contribution in [3.05, 3.63) is 34.1 Å². The van der Waals surface area contributed by atoms with Crippen molar-refractivity contribution in [1.82, 2.24) is 9.88 Å². The van der Waals surface area contributed by atoms with E-state index in [-0.39, 0.29) is 31.2 Å². The lowest BCUT2D eigenvalue weighted by atomic mass is 10.1. The molecule has 2 aromatic rings. The molecule has 2 rings (SSSR count). The second kappa shape index (κ2) is 7.83. The van der Waals surface area contributed by atoms with Crippen LogP contribution in [0.1, 0.15) is 18.9 Å². The third-order valence-electron chi connectivity index (χ3n) is 3.81. The highest BCUT2D eigenvalue weighted by Gasteiger charge is 2.15. The molecule has 1 heterocycles. The Morgan fingerprint density at radius 2 is 1.88 bits per heavy atom. The van der Waals surface area contributed by atoms with Crippen molar-refractivity contribution >= 4 is 16.8 Å². The van der Waals surface area contributed by atoms with Crippen molar-refractivity contribution in [2.75, 3.05) is 27.4 Å². The quantitative estimate of drug-likeness (QED) is 0.796. The van der Waals surface area contributed by atoms with Gasteiger partial charge >= 0.3 is 0 Å². The highest BCUT2D eigenvalue weighted by molar-refractivity contribution is 5.83. The number of rotatable bonds is 7. The van der Waals surface area contributed by atoms with Crippen molar-refractivity contribution in [1.29, 1.82) is 0 Å². The van der Waals surface area contributed by atoms with Crippen molar-refractivity contribution in [2.45, 2.75) is 19.9 Å². The van der Waals surface area contributed by atoms with E-state index in [9.17, 15) is 9.59 Å². The number of aliphatic hydroxyl groups is 1. The van der Waals surface area contributed by atoms with E-state index in [1.807, 2.05) is 0 Å². The number of fused-ring (bicyclic) bond motifs is 1. The van der Waals surface area contributed by atoms with Crippen LogP contribution < -0.4 is 15.0 Å². The van der Waals surface area contributed by atoms with Gasteiger partial charge in [-0.05, 0) is 12.1 Å². The number of H-pyrrole nitrogens is 1. The van der Waals surface area contributed by atoms with E-state index in [1.165, 1.54) is 12.0 Å². The van der Waals surface area contributed by atoms with Crippen LogP contribution in [-0.2, 0) is 11.3 Å². The second-order valence-electron chi connectivity index (χ2n) is 5.31. The number of amides is 1. The molecule has 0 bridgehead atoms. The molecule has 0 aliphatic heterocycles. The van der Waals surface area contributed by atoms with Crippen LogP contribution in [0.25, 0.3) is 10.9 Å². The molecule has 7 nitrogen and oxygen atoms in total. The first-order chi connectivity index (χ1) is 11.5. The molecule has 2 N–H and O–H groups in total. The SMILES string of the molecule is CCC(=O)N(CCO)Cc1cc2cc(OC)c(OC)cc2[nH]c1=O. The first-order valence-corrected chi connectivity index (χ1v) is 7.70. The summed E-state index contributed by atoms with van der Waals surface area (Å²) in [6.07, 6.45) is 0.316. The van der Waals surface area contributed by atoms with E-state index in [0.717, 1.165) is 5.39 Å². The molecular formula is C17H22N2O5. The summed E-state index contributed by atoms with van der Waals surface area (Å²) in [5, 5.41) is 9.89. The Labute approximate surface area is 139 Å². The Bertz CT molecular complexity index is 784. The Hall–Kier alpha value is -2.54. The third-order valence-corrected chi connectivity index (χ3v) is 3.81. The van der Waals surface area contributed by atoms with Gasteiger partial charge in [-0.25, -0.2) is 0 Å². The van der Waals surface area contributed by atoms with Crippen molar-refractivity contribution in [3.8, 4) is 11.5 Å². The molecule has 1 aromatic heterocycles. The number of benzene rings is 1. The number of ether oxygens (including phenoxy) is 2. The standard InChI is InChI=1S/C17H22N2O5/c1-4-16(21)19(5-6-20)10-12-7-11-8-14(23-2)15(24-3)9-13(11)18-17(12)22/h7-9,20H,4-6,10H2,1-3H3,(H,18,22). The van der Waals surface area contributed by atoms with Gasteiger partial charge in [0.05, 0.1) is 32.9 Å². The minimum absolute atomic E-state index is 0.115. The number of nitrogens with one attached hydrogen (secondary N) is 1. The fourth-order valence-corrected chi connectivity index (χ4v) is 2.54. The summed E-state index contributed by atoms with van der Waals surface area (Å²) in [5.41, 5.74) is 0.795. The Morgan fingerprint density at radius 1 is 1.21 bits per heavy atom. The smallest absolute Gasteiger partial charge is 0.253 e. The summed E-state index contributed by atoms with van der Waals surface area (Å²) in [6, 6.07) is 5.19. The van der Waals surface area contributed by atoms with E-state index < -0.39 is 0 Å². The number of aliphatic hydroxyl groups excluding tert-OH is 1. The predicted octanol–water partition coefficient (Wildman–Crippen LogP) is 1.28. The monoisotopic (exact) mass is 334 g/mol. The number of carbonyl (C=O) groups excluding carboxylic acids is 1. The fraction of sp³-hybridized carbons (Fsp3) is 0.412. The zero-order valence-corrected chi connectivity index (χ0v) is 14.1. The Kier molecular flexibility index (Phi) is 5.81. The maximum absolute atomic E-state index is 12.3. The van der Waals surface area contributed by atoms with Gasteiger partial charge in [0.2, 0.25) is 5.91 Å². The van der Waals surface area contributed by atoms with Gasteiger partial charge in [-0.1, -0.05) is 6.92 Å². The molecule has 7 heteroatoms. The van der Waals surface area contributed by atoms with E-state index in [0.29, 0.717) is 29.0 Å². The van der Waals surface area contributed by atoms with Crippen LogP contribution in [0.5, 0.6) is 11.5 Å². The minimum Gasteiger partial charge on any atom is -0.493 e. The Morgan fingerprint density at radius 3 is 2.46 bits per heavy atom. The molecule has 0 radical (unpaired) electrons. The van der Waals surface area contributed by atoms with E-state index in [4.69, 9.17) is 14.6 Å². The highest BCUT2D eigenvalue weighted by Crippen LogP contribution is 2.31. The van der Waals surface area contributed by atoms with Crippen LogP contribution in [0.2, 0.25) is 0 Å². The zero-order valence-electron chi connectivity index (χ0n) is 14.1. The van der Waals surface area contributed by atoms with Gasteiger partial charge in [0, 0.05) is 30.0 Å². The van der Waals surface area contributed by atoms with Crippen LogP contribution in [0.3, 0.4) is 0 Å². The molecule has 0 aliphatic carbocycles. The maximum atomic E-state index is 12.3. The van der Waals surface area contributed by atoms with Gasteiger partial charge in [0.1, 0.15) is 0 Å². The topological polar surface area (TPSA) is 91.9 Å². The molecule has 0 saturated carbocycles. The van der Waals surface area contributed by atoms with E-state index in [2.05, 4.69) is 4.98 Å². The molecule has 0 atom stereocenters. The second-order valence-corrected chi connectivity index (χ2v) is 5.31. The summed E-state index contributed by atoms with van der Waals surface area (Å²) in [7, 11) is 3.07. The molecular weight excluding hydrogens is 312 g/mol. The average Bonchev–Trinajstić information content (AvgIpc) is 2.60. The van der Waals surface area contributed by atoms with Crippen LogP contribution >= 0.6 is 0 Å². The number of methoxy groups -OCH3 is 2. The van der Waals surface area contributed by atoms with E-state index >= 15 is 0 Å². The lowest BCUT2D eigenvalue weighted by Crippen LogP contribution is -2.34. The molecule has 24 heavy (non-hydrogen) atoms. The van der Waals surface area contributed by atoms with Crippen molar-refractivity contribution < 1.29 is 19.4 Å². The number of aromatic amines is 1. The largest absolute Gasteiger partial charge is 0.493 e. The summed E-state index contributed by atoms with van der Waals surface area (Å²) in [4.78, 5) is 28.5. The Balaban J connectivity index is 2.45. The molecule has 1 aromatic carbocycles. The van der Waals surface area contributed by atoms with Crippen LogP contribution in [0, 0.1) is 0 Å². The van der Waals surface area contributed by atoms with Gasteiger partial charge in [-0.3, -0.25) is 9.59 Å². The number of hydrogen-bond donors (Lipinski definition) is 2. The zero-order chi connectivity index (χ0) is 17.7. The third kappa shape index (κ3) is 3.68. The molecule has 0 unspecified atom stereocenters. The first kappa shape index (κ1) is 17.8. The predicted molar refractivity (Wildman–Crippen MR) is 90.5 cm³/mol. The molecule has 0 spiro atoms. The lowest BCUT2D eigenvalue weighted by Gasteiger charge is -2.21. The molecule has 0 aliphatic rings. The van der Waals surface area contributed by atoms with Crippen molar-refractivity contribution in [2.24, 2.45) is 0 Å². The van der Waals surface area contributed by atoms with Gasteiger partial charge in [0.15, 0.2) is 11.5 Å². The number of aromatic nitrogens is 1. The molecule has 0 saturated heterocycles. The van der Waals surface area contributed by atoms with E-state index in [1.54, 1.807) is 32.2 Å². The molecule has 130 valence electrons. The maximum Gasteiger partial charge on any atom is 0.253 e. The summed E-state index contributed by atoms with van der Waals surface area (Å²) >= 11 is 0. The highest BCUT2D eigenvalue weighted by atomic mass is 16.5. The lowest BCUT2D eigenvalue weighted by molar-refractivity contribution is -0.132. The van der Waals surface area contributed by atoms with Gasteiger partial charge in [0.25, 0.3) is 5.56 Å². The normalized spacial score (nSPS) is 10.7. The van der Waals surface area contributed by atoms with Gasteiger partial charge in [-0.2, -0.15) is 0 Å². The van der Waals surface area contributed by atoms with Crippen LogP contribution in [-0.4, -0.2) is 48.3 Å². The first-order valence-electron chi connectivity index (χ1n) is 7.70. The fourth-order valence-electron chi connectivity index (χ4n) is 2.54. The van der Waals surface area contributed by atoms with Crippen LogP contribution in [0.15, 0.2) is 23.0 Å². The van der Waals surface area contributed by atoms with Gasteiger partial charge < -0.3 is 24.5 Å². The minimum atomic E-state index is -0.276. The molecule has 0 fully saturated rings. The number of hydrogen-bond acceptors (Lipinski definition) is 5.